The third-order valence-corrected chi connectivity index (χ3v) is 3.47. The molecular formula is C14H20O3. The van der Waals surface area contributed by atoms with Gasteiger partial charge in [-0.2, -0.15) is 0 Å². The summed E-state index contributed by atoms with van der Waals surface area (Å²) < 4.78 is 10.6. The molecule has 1 aromatic rings. The standard InChI is InChI=1S/C14H20O3/c1-16-11-5-6-13(14(9-11)17-2)12(7-8-15)10-3-4-10/h5-6,9-10,12,15H,3-4,7-8H2,1-2H3. The molecule has 0 saturated heterocycles. The summed E-state index contributed by atoms with van der Waals surface area (Å²) in [5.74, 6) is 2.81. The molecule has 0 aliphatic heterocycles. The van der Waals surface area contributed by atoms with Crippen molar-refractivity contribution in [2.45, 2.75) is 25.2 Å². The molecule has 1 fully saturated rings. The molecule has 1 aliphatic rings. The fourth-order valence-electron chi connectivity index (χ4n) is 2.41. The molecule has 94 valence electrons. The largest absolute Gasteiger partial charge is 0.497 e. The van der Waals surface area contributed by atoms with E-state index in [9.17, 15) is 5.11 Å². The Morgan fingerprint density at radius 1 is 1.29 bits per heavy atom. The molecule has 1 aliphatic carbocycles. The van der Waals surface area contributed by atoms with Crippen LogP contribution >= 0.6 is 0 Å². The van der Waals surface area contributed by atoms with Crippen molar-refractivity contribution in [3.05, 3.63) is 23.8 Å². The molecule has 0 radical (unpaired) electrons. The number of ether oxygens (including phenoxy) is 2. The van der Waals surface area contributed by atoms with Crippen LogP contribution in [-0.4, -0.2) is 25.9 Å². The first kappa shape index (κ1) is 12.2. The molecule has 0 heterocycles. The molecule has 3 nitrogen and oxygen atoms in total. The molecule has 3 heteroatoms. The Hall–Kier alpha value is -1.22. The Bertz CT molecular complexity index is 372. The van der Waals surface area contributed by atoms with Gasteiger partial charge in [0.1, 0.15) is 11.5 Å². The lowest BCUT2D eigenvalue weighted by molar-refractivity contribution is 0.268. The van der Waals surface area contributed by atoms with Crippen LogP contribution < -0.4 is 9.47 Å². The lowest BCUT2D eigenvalue weighted by Gasteiger charge is -2.19. The summed E-state index contributed by atoms with van der Waals surface area (Å²) in [6, 6.07) is 5.95. The number of hydrogen-bond donors (Lipinski definition) is 1. The van der Waals surface area contributed by atoms with Crippen molar-refractivity contribution in [3.63, 3.8) is 0 Å². The summed E-state index contributed by atoms with van der Waals surface area (Å²) in [6.45, 7) is 0.232. The number of methoxy groups -OCH3 is 2. The van der Waals surface area contributed by atoms with Crippen LogP contribution in [0.15, 0.2) is 18.2 Å². The Morgan fingerprint density at radius 3 is 2.59 bits per heavy atom. The second-order valence-electron chi connectivity index (χ2n) is 4.56. The zero-order chi connectivity index (χ0) is 12.3. The first-order chi connectivity index (χ1) is 8.30. The van der Waals surface area contributed by atoms with Gasteiger partial charge < -0.3 is 14.6 Å². The molecule has 0 aromatic heterocycles. The fraction of sp³-hybridized carbons (Fsp3) is 0.571. The maximum atomic E-state index is 9.17. The van der Waals surface area contributed by atoms with Crippen LogP contribution in [0.5, 0.6) is 11.5 Å². The van der Waals surface area contributed by atoms with Gasteiger partial charge in [-0.1, -0.05) is 6.07 Å². The molecule has 1 atom stereocenters. The number of aliphatic hydroxyl groups excluding tert-OH is 1. The normalized spacial score (nSPS) is 16.6. The van der Waals surface area contributed by atoms with E-state index in [-0.39, 0.29) is 6.61 Å². The van der Waals surface area contributed by atoms with Crippen molar-refractivity contribution in [2.24, 2.45) is 5.92 Å². The van der Waals surface area contributed by atoms with Gasteiger partial charge in [0.15, 0.2) is 0 Å². The Balaban J connectivity index is 2.27. The van der Waals surface area contributed by atoms with Gasteiger partial charge >= 0.3 is 0 Å². The quantitative estimate of drug-likeness (QED) is 0.825. The van der Waals surface area contributed by atoms with Gasteiger partial charge in [-0.3, -0.25) is 0 Å². The second kappa shape index (κ2) is 5.41. The number of aliphatic hydroxyl groups is 1. The van der Waals surface area contributed by atoms with Crippen LogP contribution in [0.1, 0.15) is 30.7 Å². The predicted molar refractivity (Wildman–Crippen MR) is 66.7 cm³/mol. The zero-order valence-corrected chi connectivity index (χ0v) is 10.5. The SMILES string of the molecule is COc1ccc(C(CCO)C2CC2)c(OC)c1. The Labute approximate surface area is 102 Å². The lowest BCUT2D eigenvalue weighted by Crippen LogP contribution is -2.06. The third-order valence-electron chi connectivity index (χ3n) is 3.47. The molecule has 2 rings (SSSR count). The van der Waals surface area contributed by atoms with Gasteiger partial charge in [-0.25, -0.2) is 0 Å². The second-order valence-corrected chi connectivity index (χ2v) is 4.56. The molecule has 0 bridgehead atoms. The van der Waals surface area contributed by atoms with E-state index >= 15 is 0 Å². The lowest BCUT2D eigenvalue weighted by atomic mass is 9.90. The van der Waals surface area contributed by atoms with Crippen LogP contribution in [-0.2, 0) is 0 Å². The minimum Gasteiger partial charge on any atom is -0.497 e. The molecule has 1 aromatic carbocycles. The highest BCUT2D eigenvalue weighted by atomic mass is 16.5. The van der Waals surface area contributed by atoms with Crippen LogP contribution in [0.2, 0.25) is 0 Å². The summed E-state index contributed by atoms with van der Waals surface area (Å²) >= 11 is 0. The van der Waals surface area contributed by atoms with Crippen LogP contribution in [0.3, 0.4) is 0 Å². The molecular weight excluding hydrogens is 216 g/mol. The first-order valence-electron chi connectivity index (χ1n) is 6.13. The smallest absolute Gasteiger partial charge is 0.126 e. The van der Waals surface area contributed by atoms with Gasteiger partial charge in [0.05, 0.1) is 14.2 Å². The summed E-state index contributed by atoms with van der Waals surface area (Å²) in [7, 11) is 3.34. The van der Waals surface area contributed by atoms with Gasteiger partial charge in [0, 0.05) is 12.7 Å². The van der Waals surface area contributed by atoms with E-state index in [1.165, 1.54) is 18.4 Å². The number of rotatable bonds is 6. The van der Waals surface area contributed by atoms with E-state index in [4.69, 9.17) is 9.47 Å². The minimum absolute atomic E-state index is 0.232. The highest BCUT2D eigenvalue weighted by Crippen LogP contribution is 2.47. The Morgan fingerprint density at radius 2 is 2.06 bits per heavy atom. The molecule has 1 N–H and O–H groups in total. The average Bonchev–Trinajstić information content (AvgIpc) is 3.19. The summed E-state index contributed by atoms with van der Waals surface area (Å²) in [4.78, 5) is 0. The third kappa shape index (κ3) is 2.72. The van der Waals surface area contributed by atoms with Gasteiger partial charge in [-0.05, 0) is 42.7 Å². The van der Waals surface area contributed by atoms with Crippen molar-refractivity contribution in [1.82, 2.24) is 0 Å². The monoisotopic (exact) mass is 236 g/mol. The van der Waals surface area contributed by atoms with Gasteiger partial charge in [0.2, 0.25) is 0 Å². The van der Waals surface area contributed by atoms with Crippen LogP contribution in [0.4, 0.5) is 0 Å². The summed E-state index contributed by atoms with van der Waals surface area (Å²) in [6.07, 6.45) is 3.34. The van der Waals surface area contributed by atoms with Gasteiger partial charge in [0.25, 0.3) is 0 Å². The molecule has 0 spiro atoms. The van der Waals surface area contributed by atoms with E-state index < -0.39 is 0 Å². The van der Waals surface area contributed by atoms with Crippen molar-refractivity contribution in [2.75, 3.05) is 20.8 Å². The molecule has 1 saturated carbocycles. The van der Waals surface area contributed by atoms with Crippen molar-refractivity contribution < 1.29 is 14.6 Å². The van der Waals surface area contributed by atoms with Crippen molar-refractivity contribution >= 4 is 0 Å². The van der Waals surface area contributed by atoms with E-state index in [0.29, 0.717) is 11.8 Å². The predicted octanol–water partition coefficient (Wildman–Crippen LogP) is 2.58. The molecule has 17 heavy (non-hydrogen) atoms. The van der Waals surface area contributed by atoms with Crippen LogP contribution in [0.25, 0.3) is 0 Å². The van der Waals surface area contributed by atoms with Crippen LogP contribution in [0, 0.1) is 5.92 Å². The number of benzene rings is 1. The number of hydrogen-bond acceptors (Lipinski definition) is 3. The minimum atomic E-state index is 0.232. The molecule has 0 amide bonds. The summed E-state index contributed by atoms with van der Waals surface area (Å²) in [5.41, 5.74) is 1.20. The van der Waals surface area contributed by atoms with E-state index in [0.717, 1.165) is 17.9 Å². The van der Waals surface area contributed by atoms with Crippen molar-refractivity contribution in [3.8, 4) is 11.5 Å². The fourth-order valence-corrected chi connectivity index (χ4v) is 2.41. The zero-order valence-electron chi connectivity index (χ0n) is 10.5. The average molecular weight is 236 g/mol. The topological polar surface area (TPSA) is 38.7 Å². The highest BCUT2D eigenvalue weighted by Gasteiger charge is 2.33. The summed E-state index contributed by atoms with van der Waals surface area (Å²) in [5, 5.41) is 9.17. The van der Waals surface area contributed by atoms with Gasteiger partial charge in [-0.15, -0.1) is 0 Å². The molecule has 1 unspecified atom stereocenters. The highest BCUT2D eigenvalue weighted by molar-refractivity contribution is 5.43. The van der Waals surface area contributed by atoms with E-state index in [1.807, 2.05) is 12.1 Å². The van der Waals surface area contributed by atoms with E-state index in [2.05, 4.69) is 6.07 Å². The first-order valence-corrected chi connectivity index (χ1v) is 6.13. The maximum absolute atomic E-state index is 9.17. The Kier molecular flexibility index (Phi) is 3.89. The van der Waals surface area contributed by atoms with Crippen molar-refractivity contribution in [1.29, 1.82) is 0 Å². The maximum Gasteiger partial charge on any atom is 0.126 e. The van der Waals surface area contributed by atoms with E-state index in [1.54, 1.807) is 14.2 Å².